The van der Waals surface area contributed by atoms with Gasteiger partial charge in [0, 0.05) is 6.54 Å². The summed E-state index contributed by atoms with van der Waals surface area (Å²) in [7, 11) is 0. The Kier molecular flexibility index (Phi) is 7.64. The van der Waals surface area contributed by atoms with Gasteiger partial charge in [0.25, 0.3) is 5.91 Å². The third kappa shape index (κ3) is 6.29. The maximum Gasteiger partial charge on any atom is 0.258 e. The third-order valence-electron chi connectivity index (χ3n) is 5.50. The van der Waals surface area contributed by atoms with E-state index in [4.69, 9.17) is 4.74 Å². The molecule has 0 bridgehead atoms. The molecule has 5 heteroatoms. The lowest BCUT2D eigenvalue weighted by atomic mass is 9.97. The molecule has 2 aromatic rings. The minimum absolute atomic E-state index is 0.0787. The Morgan fingerprint density at radius 1 is 1.00 bits per heavy atom. The highest BCUT2D eigenvalue weighted by atomic mass is 19.1. The maximum absolute atomic E-state index is 13.0. The summed E-state index contributed by atoms with van der Waals surface area (Å²) < 4.78 is 18.4. The lowest BCUT2D eigenvalue weighted by Gasteiger charge is -2.35. The molecule has 0 aliphatic carbocycles. The van der Waals surface area contributed by atoms with Crippen LogP contribution in [-0.2, 0) is 4.79 Å². The number of hydrogen-bond acceptors (Lipinski definition) is 3. The fourth-order valence-electron chi connectivity index (χ4n) is 3.73. The molecule has 2 aromatic carbocycles. The molecule has 29 heavy (non-hydrogen) atoms. The molecule has 0 aromatic heterocycles. The topological polar surface area (TPSA) is 41.6 Å². The lowest BCUT2D eigenvalue weighted by Crippen LogP contribution is -2.41. The van der Waals surface area contributed by atoms with Crippen molar-refractivity contribution in [2.24, 2.45) is 0 Å². The van der Waals surface area contributed by atoms with Crippen molar-refractivity contribution in [1.29, 1.82) is 0 Å². The fraction of sp³-hybridized carbons (Fsp3) is 0.458. The number of halogens is 1. The van der Waals surface area contributed by atoms with Crippen LogP contribution >= 0.6 is 0 Å². The number of amides is 1. The zero-order valence-corrected chi connectivity index (χ0v) is 17.4. The van der Waals surface area contributed by atoms with Crippen LogP contribution in [0.15, 0.2) is 48.5 Å². The van der Waals surface area contributed by atoms with Gasteiger partial charge in [-0.1, -0.05) is 44.5 Å². The first-order valence-electron chi connectivity index (χ1n) is 10.5. The van der Waals surface area contributed by atoms with Gasteiger partial charge in [0.2, 0.25) is 0 Å². The Bertz CT molecular complexity index is 768. The lowest BCUT2D eigenvalue weighted by molar-refractivity contribution is -0.123. The SMILES string of the molecule is CC(C)c1ccc([C@H](CNC(=O)COc2ccc(F)cc2)N2CCCCC2)cc1. The van der Waals surface area contributed by atoms with Crippen molar-refractivity contribution in [3.63, 3.8) is 0 Å². The highest BCUT2D eigenvalue weighted by molar-refractivity contribution is 5.77. The van der Waals surface area contributed by atoms with Crippen molar-refractivity contribution >= 4 is 5.91 Å². The Hall–Kier alpha value is -2.40. The van der Waals surface area contributed by atoms with Crippen molar-refractivity contribution in [3.8, 4) is 5.75 Å². The zero-order chi connectivity index (χ0) is 20.6. The number of hydrogen-bond donors (Lipinski definition) is 1. The van der Waals surface area contributed by atoms with Crippen LogP contribution < -0.4 is 10.1 Å². The Morgan fingerprint density at radius 3 is 2.24 bits per heavy atom. The molecule has 3 rings (SSSR count). The van der Waals surface area contributed by atoms with Crippen LogP contribution in [-0.4, -0.2) is 37.0 Å². The molecule has 1 amide bonds. The highest BCUT2D eigenvalue weighted by Gasteiger charge is 2.23. The van der Waals surface area contributed by atoms with Gasteiger partial charge in [0.05, 0.1) is 6.04 Å². The van der Waals surface area contributed by atoms with Crippen LogP contribution in [0.5, 0.6) is 5.75 Å². The Balaban J connectivity index is 1.60. The fourth-order valence-corrected chi connectivity index (χ4v) is 3.73. The average molecular weight is 399 g/mol. The summed E-state index contributed by atoms with van der Waals surface area (Å²) in [6.45, 7) is 6.96. The summed E-state index contributed by atoms with van der Waals surface area (Å²) in [6, 6.07) is 14.6. The van der Waals surface area contributed by atoms with Gasteiger partial charge in [-0.05, 0) is 67.2 Å². The molecule has 0 unspecified atom stereocenters. The summed E-state index contributed by atoms with van der Waals surface area (Å²) >= 11 is 0. The molecule has 1 N–H and O–H groups in total. The quantitative estimate of drug-likeness (QED) is 0.702. The van der Waals surface area contributed by atoms with E-state index in [2.05, 4.69) is 48.3 Å². The molecule has 4 nitrogen and oxygen atoms in total. The van der Waals surface area contributed by atoms with Crippen LogP contribution in [0, 0.1) is 5.82 Å². The third-order valence-corrected chi connectivity index (χ3v) is 5.50. The van der Waals surface area contributed by atoms with E-state index in [-0.39, 0.29) is 24.4 Å². The molecule has 1 saturated heterocycles. The number of rotatable bonds is 8. The average Bonchev–Trinajstić information content (AvgIpc) is 2.74. The first-order chi connectivity index (χ1) is 14.0. The van der Waals surface area contributed by atoms with E-state index in [0.29, 0.717) is 18.2 Å². The van der Waals surface area contributed by atoms with Gasteiger partial charge in [-0.3, -0.25) is 9.69 Å². The zero-order valence-electron chi connectivity index (χ0n) is 17.4. The second-order valence-corrected chi connectivity index (χ2v) is 7.98. The molecule has 0 radical (unpaired) electrons. The molecule has 1 fully saturated rings. The van der Waals surface area contributed by atoms with E-state index in [1.807, 2.05) is 0 Å². The van der Waals surface area contributed by atoms with Crippen LogP contribution in [0.2, 0.25) is 0 Å². The van der Waals surface area contributed by atoms with Crippen molar-refractivity contribution in [1.82, 2.24) is 10.2 Å². The first kappa shape index (κ1) is 21.3. The van der Waals surface area contributed by atoms with Crippen LogP contribution in [0.4, 0.5) is 4.39 Å². The normalized spacial score (nSPS) is 15.9. The van der Waals surface area contributed by atoms with Gasteiger partial charge < -0.3 is 10.1 Å². The number of nitrogens with one attached hydrogen (secondary N) is 1. The molecule has 1 aliphatic heterocycles. The molecule has 1 atom stereocenters. The second-order valence-electron chi connectivity index (χ2n) is 7.98. The smallest absolute Gasteiger partial charge is 0.258 e. The summed E-state index contributed by atoms with van der Waals surface area (Å²) in [5.41, 5.74) is 2.55. The number of ether oxygens (including phenoxy) is 1. The molecule has 0 saturated carbocycles. The van der Waals surface area contributed by atoms with E-state index < -0.39 is 0 Å². The molecule has 156 valence electrons. The van der Waals surface area contributed by atoms with Gasteiger partial charge in [0.1, 0.15) is 11.6 Å². The van der Waals surface area contributed by atoms with Crippen LogP contribution in [0.1, 0.15) is 56.2 Å². The van der Waals surface area contributed by atoms with Crippen molar-refractivity contribution < 1.29 is 13.9 Å². The predicted octanol–water partition coefficient (Wildman–Crippen LogP) is 4.67. The van der Waals surface area contributed by atoms with Gasteiger partial charge in [0.15, 0.2) is 6.61 Å². The Morgan fingerprint density at radius 2 is 1.62 bits per heavy atom. The molecular weight excluding hydrogens is 367 g/mol. The Labute approximate surface area is 173 Å². The minimum Gasteiger partial charge on any atom is -0.484 e. The summed E-state index contributed by atoms with van der Waals surface area (Å²) in [6.07, 6.45) is 3.66. The van der Waals surface area contributed by atoms with Gasteiger partial charge >= 0.3 is 0 Å². The standard InChI is InChI=1S/C24H31FN2O2/c1-18(2)19-6-8-20(9-7-19)23(27-14-4-3-5-15-27)16-26-24(28)17-29-22-12-10-21(25)11-13-22/h6-13,18,23H,3-5,14-17H2,1-2H3,(H,26,28)/t23-/m0/s1. The van der Waals surface area contributed by atoms with Gasteiger partial charge in [-0.25, -0.2) is 4.39 Å². The van der Waals surface area contributed by atoms with E-state index in [0.717, 1.165) is 13.1 Å². The number of carbonyl (C=O) groups excluding carboxylic acids is 1. The summed E-state index contributed by atoms with van der Waals surface area (Å²) in [5.74, 6) is 0.490. The highest BCUT2D eigenvalue weighted by Crippen LogP contribution is 2.26. The number of nitrogens with zero attached hydrogens (tertiary/aromatic N) is 1. The van der Waals surface area contributed by atoms with Crippen LogP contribution in [0.3, 0.4) is 0 Å². The summed E-state index contributed by atoms with van der Waals surface area (Å²) in [5, 5.41) is 3.02. The maximum atomic E-state index is 13.0. The second kappa shape index (κ2) is 10.4. The number of benzene rings is 2. The number of piperidine rings is 1. The van der Waals surface area contributed by atoms with Gasteiger partial charge in [-0.2, -0.15) is 0 Å². The van der Waals surface area contributed by atoms with Crippen molar-refractivity contribution in [2.75, 3.05) is 26.2 Å². The van der Waals surface area contributed by atoms with Gasteiger partial charge in [-0.15, -0.1) is 0 Å². The van der Waals surface area contributed by atoms with Crippen LogP contribution in [0.25, 0.3) is 0 Å². The molecule has 0 spiro atoms. The predicted molar refractivity (Wildman–Crippen MR) is 114 cm³/mol. The molecule has 1 heterocycles. The largest absolute Gasteiger partial charge is 0.484 e. The monoisotopic (exact) mass is 398 g/mol. The molecule has 1 aliphatic rings. The van der Waals surface area contributed by atoms with Crippen molar-refractivity contribution in [3.05, 3.63) is 65.5 Å². The number of carbonyl (C=O) groups is 1. The van der Waals surface area contributed by atoms with E-state index in [9.17, 15) is 9.18 Å². The minimum atomic E-state index is -0.324. The van der Waals surface area contributed by atoms with E-state index in [1.165, 1.54) is 54.7 Å². The van der Waals surface area contributed by atoms with E-state index in [1.54, 1.807) is 0 Å². The van der Waals surface area contributed by atoms with E-state index >= 15 is 0 Å². The molecular formula is C24H31FN2O2. The summed E-state index contributed by atoms with van der Waals surface area (Å²) in [4.78, 5) is 14.8. The van der Waals surface area contributed by atoms with Crippen molar-refractivity contribution in [2.45, 2.75) is 45.1 Å². The number of likely N-dealkylation sites (tertiary alicyclic amines) is 1. The first-order valence-corrected chi connectivity index (χ1v) is 10.5.